The molecular formula is C45H58F3N5O9S. The zero-order valence-electron chi connectivity index (χ0n) is 35.5. The number of rotatable bonds is 16. The number of carbonyl (C=O) groups is 4. The lowest BCUT2D eigenvalue weighted by Crippen LogP contribution is -2.57. The van der Waals surface area contributed by atoms with Gasteiger partial charge in [-0.15, -0.1) is 11.3 Å². The number of phenolic OH excluding ortho intramolecular Hbond substituents is 1. The Morgan fingerprint density at radius 1 is 0.984 bits per heavy atom. The van der Waals surface area contributed by atoms with Crippen molar-refractivity contribution in [2.45, 2.75) is 88.6 Å². The summed E-state index contributed by atoms with van der Waals surface area (Å²) in [5, 5.41) is 25.4. The minimum Gasteiger partial charge on any atom is -0.506 e. The van der Waals surface area contributed by atoms with E-state index in [1.807, 2.05) is 28.5 Å². The minimum atomic E-state index is -5.08. The number of aliphatic carboxylic acids is 1. The van der Waals surface area contributed by atoms with Crippen molar-refractivity contribution in [2.75, 3.05) is 77.6 Å². The number of morpholine rings is 1. The van der Waals surface area contributed by atoms with Gasteiger partial charge >= 0.3 is 12.1 Å². The predicted molar refractivity (Wildman–Crippen MR) is 230 cm³/mol. The third kappa shape index (κ3) is 13.9. The number of aromatic hydroxyl groups is 1. The van der Waals surface area contributed by atoms with Gasteiger partial charge in [0.2, 0.25) is 5.91 Å². The molecule has 344 valence electrons. The standard InChI is InChI=1S/C43H57N5O7S.C2HF3O2/c49-36-12-11-34(41-40(36)45-38(50)30-54-41)13-18-44-19-22-48(35-8-2-1-3-9-35)39(51)15-25-53-24-14-32-6-4-7-33(28-32)29-46-20-16-43(17-21-46)31-47(23-26-55-43)42(52)37-10-5-27-56-37;3-2(4,5)1(6)7/h4-7,10-12,27-28,35,44,49H,1-3,8-9,13-26,29-31H2,(H,45,50);(H,6,7). The van der Waals surface area contributed by atoms with Crippen LogP contribution in [0.25, 0.3) is 0 Å². The van der Waals surface area contributed by atoms with Crippen LogP contribution in [0.5, 0.6) is 11.5 Å². The highest BCUT2D eigenvalue weighted by atomic mass is 32.1. The normalized spacial score (nSPS) is 17.8. The average Bonchev–Trinajstić information content (AvgIpc) is 3.82. The lowest BCUT2D eigenvalue weighted by Gasteiger charge is -2.47. The minimum absolute atomic E-state index is 0.00316. The number of halogens is 3. The first-order chi connectivity index (χ1) is 30.3. The van der Waals surface area contributed by atoms with Crippen LogP contribution in [-0.4, -0.2) is 139 Å². The Morgan fingerprint density at radius 2 is 1.75 bits per heavy atom. The molecule has 0 bridgehead atoms. The van der Waals surface area contributed by atoms with E-state index in [1.165, 1.54) is 28.9 Å². The summed E-state index contributed by atoms with van der Waals surface area (Å²) < 4.78 is 49.7. The van der Waals surface area contributed by atoms with Gasteiger partial charge in [0.1, 0.15) is 11.4 Å². The second-order valence-electron chi connectivity index (χ2n) is 16.4. The molecule has 3 fully saturated rings. The van der Waals surface area contributed by atoms with Crippen molar-refractivity contribution in [2.24, 2.45) is 0 Å². The number of nitrogens with zero attached hydrogens (tertiary/aromatic N) is 3. The van der Waals surface area contributed by atoms with Gasteiger partial charge < -0.3 is 44.9 Å². The molecule has 2 saturated heterocycles. The number of piperidine rings is 1. The van der Waals surface area contributed by atoms with E-state index in [2.05, 4.69) is 44.7 Å². The molecule has 1 spiro atoms. The molecule has 1 saturated carbocycles. The van der Waals surface area contributed by atoms with E-state index in [0.29, 0.717) is 76.8 Å². The van der Waals surface area contributed by atoms with Gasteiger partial charge in [-0.3, -0.25) is 19.3 Å². The fourth-order valence-electron chi connectivity index (χ4n) is 8.59. The number of thiophene rings is 1. The number of nitrogens with one attached hydrogen (secondary N) is 2. The van der Waals surface area contributed by atoms with E-state index >= 15 is 0 Å². The maximum Gasteiger partial charge on any atom is 0.490 e. The molecule has 3 aromatic rings. The molecule has 4 aliphatic rings. The van der Waals surface area contributed by atoms with Crippen molar-refractivity contribution in [1.29, 1.82) is 0 Å². The SMILES string of the molecule is O=C(O)C(F)(F)F.O=C1COc2c(CCNCCN(C(=O)CCOCCc3cccc(CN4CCC5(CC4)CN(C(=O)c4cccs4)CCO5)c3)C3CCCCC3)ccc(O)c2N1. The number of alkyl halides is 3. The van der Waals surface area contributed by atoms with Crippen LogP contribution in [0, 0.1) is 0 Å². The lowest BCUT2D eigenvalue weighted by atomic mass is 9.89. The molecule has 3 aliphatic heterocycles. The van der Waals surface area contributed by atoms with Gasteiger partial charge in [-0.25, -0.2) is 4.79 Å². The molecule has 2 aromatic carbocycles. The van der Waals surface area contributed by atoms with Crippen LogP contribution in [0.1, 0.15) is 77.7 Å². The fourth-order valence-corrected chi connectivity index (χ4v) is 9.29. The van der Waals surface area contributed by atoms with Gasteiger partial charge in [-0.2, -0.15) is 13.2 Å². The van der Waals surface area contributed by atoms with Crippen molar-refractivity contribution in [1.82, 2.24) is 20.0 Å². The molecule has 1 aromatic heterocycles. The Kier molecular flexibility index (Phi) is 17.2. The van der Waals surface area contributed by atoms with Crippen LogP contribution in [0.3, 0.4) is 0 Å². The number of anilines is 1. The molecule has 4 N–H and O–H groups in total. The number of hydrogen-bond acceptors (Lipinski definition) is 11. The Hall–Kier alpha value is -4.75. The number of hydrogen-bond donors (Lipinski definition) is 4. The van der Waals surface area contributed by atoms with E-state index in [1.54, 1.807) is 6.07 Å². The number of likely N-dealkylation sites (tertiary alicyclic amines) is 1. The smallest absolute Gasteiger partial charge is 0.490 e. The summed E-state index contributed by atoms with van der Waals surface area (Å²) in [4.78, 5) is 54.5. The highest BCUT2D eigenvalue weighted by Gasteiger charge is 2.41. The Labute approximate surface area is 369 Å². The summed E-state index contributed by atoms with van der Waals surface area (Å²) in [6.45, 7) is 7.60. The van der Waals surface area contributed by atoms with Gasteiger partial charge in [-0.05, 0) is 79.3 Å². The van der Waals surface area contributed by atoms with Gasteiger partial charge in [0.05, 0.1) is 43.3 Å². The molecule has 1 aliphatic carbocycles. The summed E-state index contributed by atoms with van der Waals surface area (Å²) in [5.41, 5.74) is 3.52. The van der Waals surface area contributed by atoms with Crippen molar-refractivity contribution in [3.8, 4) is 11.5 Å². The second kappa shape index (κ2) is 22.7. The molecular weight excluding hydrogens is 844 g/mol. The molecule has 4 heterocycles. The molecule has 63 heavy (non-hydrogen) atoms. The molecule has 0 unspecified atom stereocenters. The number of carboxylic acids is 1. The van der Waals surface area contributed by atoms with Crippen LogP contribution < -0.4 is 15.4 Å². The van der Waals surface area contributed by atoms with E-state index in [9.17, 15) is 32.7 Å². The maximum absolute atomic E-state index is 13.5. The fraction of sp³-hybridized carbons (Fsp3) is 0.556. The maximum atomic E-state index is 13.5. The van der Waals surface area contributed by atoms with E-state index in [4.69, 9.17) is 24.1 Å². The second-order valence-corrected chi connectivity index (χ2v) is 17.4. The van der Waals surface area contributed by atoms with Crippen molar-refractivity contribution in [3.05, 3.63) is 75.5 Å². The number of ether oxygens (including phenoxy) is 3. The van der Waals surface area contributed by atoms with Gasteiger partial charge in [0.25, 0.3) is 11.8 Å². The largest absolute Gasteiger partial charge is 0.506 e. The molecule has 0 radical (unpaired) electrons. The zero-order valence-corrected chi connectivity index (χ0v) is 36.3. The van der Waals surface area contributed by atoms with E-state index in [0.717, 1.165) is 75.0 Å². The Balaban J connectivity index is 0.000000871. The number of benzene rings is 2. The number of phenols is 1. The average molecular weight is 902 g/mol. The highest BCUT2D eigenvalue weighted by molar-refractivity contribution is 7.12. The van der Waals surface area contributed by atoms with Crippen LogP contribution in [0.2, 0.25) is 0 Å². The summed E-state index contributed by atoms with van der Waals surface area (Å²) >= 11 is 1.50. The predicted octanol–water partition coefficient (Wildman–Crippen LogP) is 5.87. The molecule has 18 heteroatoms. The van der Waals surface area contributed by atoms with Gasteiger partial charge in [-0.1, -0.05) is 55.7 Å². The van der Waals surface area contributed by atoms with Crippen LogP contribution >= 0.6 is 11.3 Å². The zero-order chi connectivity index (χ0) is 44.8. The lowest BCUT2D eigenvalue weighted by molar-refractivity contribution is -0.192. The molecule has 14 nitrogen and oxygen atoms in total. The van der Waals surface area contributed by atoms with Crippen LogP contribution in [-0.2, 0) is 43.2 Å². The number of carboxylic acid groups (broad SMARTS) is 1. The highest BCUT2D eigenvalue weighted by Crippen LogP contribution is 2.39. The molecule has 7 rings (SSSR count). The third-order valence-electron chi connectivity index (χ3n) is 11.9. The Bertz CT molecular complexity index is 1990. The Morgan fingerprint density at radius 3 is 2.48 bits per heavy atom. The third-order valence-corrected chi connectivity index (χ3v) is 12.8. The summed E-state index contributed by atoms with van der Waals surface area (Å²) in [6.07, 6.45) is 4.24. The van der Waals surface area contributed by atoms with Gasteiger partial charge in [0.15, 0.2) is 12.4 Å². The topological polar surface area (TPSA) is 170 Å². The van der Waals surface area contributed by atoms with Crippen molar-refractivity contribution >= 4 is 40.7 Å². The summed E-state index contributed by atoms with van der Waals surface area (Å²) in [7, 11) is 0. The summed E-state index contributed by atoms with van der Waals surface area (Å²) in [5.74, 6) is -2.24. The van der Waals surface area contributed by atoms with Crippen molar-refractivity contribution < 1.29 is 56.8 Å². The van der Waals surface area contributed by atoms with E-state index < -0.39 is 12.1 Å². The first-order valence-corrected chi connectivity index (χ1v) is 22.6. The molecule has 0 atom stereocenters. The summed E-state index contributed by atoms with van der Waals surface area (Å²) in [6, 6.07) is 16.3. The first kappa shape index (κ1) is 47.7. The van der Waals surface area contributed by atoms with Crippen LogP contribution in [0.15, 0.2) is 53.9 Å². The first-order valence-electron chi connectivity index (χ1n) is 21.7. The number of amides is 3. The number of fused-ring (bicyclic) bond motifs is 1. The number of carbonyl (C=O) groups excluding carboxylic acids is 3. The van der Waals surface area contributed by atoms with Crippen LogP contribution in [0.4, 0.5) is 18.9 Å². The molecule has 3 amide bonds. The van der Waals surface area contributed by atoms with E-state index in [-0.39, 0.29) is 41.7 Å². The van der Waals surface area contributed by atoms with Gasteiger partial charge in [0, 0.05) is 45.3 Å². The monoisotopic (exact) mass is 901 g/mol. The van der Waals surface area contributed by atoms with Crippen molar-refractivity contribution in [3.63, 3.8) is 0 Å². The quantitative estimate of drug-likeness (QED) is 0.100.